The van der Waals surface area contributed by atoms with Crippen LogP contribution < -0.4 is 0 Å². The highest BCUT2D eigenvalue weighted by Crippen LogP contribution is 2.33. The van der Waals surface area contributed by atoms with E-state index in [1.165, 1.54) is 0 Å². The van der Waals surface area contributed by atoms with E-state index in [0.29, 0.717) is 18.6 Å². The van der Waals surface area contributed by atoms with Crippen LogP contribution in [0.5, 0.6) is 0 Å². The van der Waals surface area contributed by atoms with Gasteiger partial charge in [-0.15, -0.1) is 0 Å². The van der Waals surface area contributed by atoms with Gasteiger partial charge in [0.25, 0.3) is 0 Å². The molecule has 2 N–H and O–H groups in total. The van der Waals surface area contributed by atoms with E-state index in [4.69, 9.17) is 14.5 Å². The Hall–Kier alpha value is -2.12. The van der Waals surface area contributed by atoms with Crippen LogP contribution in [-0.4, -0.2) is 46.4 Å². The molecule has 5 nitrogen and oxygen atoms in total. The molecular formula is C22H24N2O3S. The molecule has 1 aliphatic heterocycles. The van der Waals surface area contributed by atoms with Crippen molar-refractivity contribution in [3.63, 3.8) is 0 Å². The van der Waals surface area contributed by atoms with E-state index in [1.807, 2.05) is 36.4 Å². The maximum Gasteiger partial charge on any atom is 0.166 e. The molecule has 2 heterocycles. The number of aliphatic hydroxyl groups excluding tert-OH is 1. The maximum absolute atomic E-state index is 10.0. The highest BCUT2D eigenvalue weighted by Gasteiger charge is 2.28. The highest BCUT2D eigenvalue weighted by molar-refractivity contribution is 7.99. The number of nitrogens with one attached hydrogen (secondary N) is 1. The molecule has 0 unspecified atom stereocenters. The molecular weight excluding hydrogens is 372 g/mol. The fourth-order valence-corrected chi connectivity index (χ4v) is 4.31. The molecule has 0 spiro atoms. The van der Waals surface area contributed by atoms with Crippen molar-refractivity contribution in [3.8, 4) is 22.5 Å². The fourth-order valence-electron chi connectivity index (χ4n) is 3.42. The largest absolute Gasteiger partial charge is 0.393 e. The van der Waals surface area contributed by atoms with Crippen LogP contribution in [0.1, 0.15) is 12.8 Å². The van der Waals surface area contributed by atoms with Crippen molar-refractivity contribution in [1.29, 1.82) is 0 Å². The van der Waals surface area contributed by atoms with Gasteiger partial charge in [-0.2, -0.15) is 0 Å². The Bertz CT molecular complexity index is 828. The summed E-state index contributed by atoms with van der Waals surface area (Å²) in [6.45, 7) is 0. The van der Waals surface area contributed by atoms with Crippen molar-refractivity contribution in [2.75, 3.05) is 12.9 Å². The molecule has 146 valence electrons. The first kappa shape index (κ1) is 19.2. The summed E-state index contributed by atoms with van der Waals surface area (Å²) in [7, 11) is 1.61. The Labute approximate surface area is 169 Å². The SMILES string of the molecule is CO[C@H]1C[C@H](O)C[C@@H](CSc2nc(-c3ccccc3)c(-c3ccccc3)[nH]2)O1. The molecule has 1 saturated heterocycles. The van der Waals surface area contributed by atoms with Crippen LogP contribution in [0, 0.1) is 0 Å². The third kappa shape index (κ3) is 4.47. The molecule has 0 saturated carbocycles. The van der Waals surface area contributed by atoms with Crippen LogP contribution in [0.15, 0.2) is 65.8 Å². The quantitative estimate of drug-likeness (QED) is 0.607. The van der Waals surface area contributed by atoms with E-state index in [-0.39, 0.29) is 18.5 Å². The molecule has 28 heavy (non-hydrogen) atoms. The van der Waals surface area contributed by atoms with Crippen LogP contribution >= 0.6 is 11.8 Å². The average molecular weight is 397 g/mol. The van der Waals surface area contributed by atoms with Crippen LogP contribution in [0.25, 0.3) is 22.5 Å². The molecule has 0 bridgehead atoms. The van der Waals surface area contributed by atoms with Gasteiger partial charge in [0.2, 0.25) is 0 Å². The average Bonchev–Trinajstić information content (AvgIpc) is 3.17. The molecule has 0 radical (unpaired) electrons. The maximum atomic E-state index is 10.0. The van der Waals surface area contributed by atoms with Crippen LogP contribution in [0.4, 0.5) is 0 Å². The Balaban J connectivity index is 1.56. The van der Waals surface area contributed by atoms with Crippen LogP contribution in [0.2, 0.25) is 0 Å². The van der Waals surface area contributed by atoms with Gasteiger partial charge in [-0.25, -0.2) is 4.98 Å². The van der Waals surface area contributed by atoms with Gasteiger partial charge in [0.15, 0.2) is 11.4 Å². The van der Waals surface area contributed by atoms with E-state index in [9.17, 15) is 5.11 Å². The zero-order chi connectivity index (χ0) is 19.3. The second-order valence-corrected chi connectivity index (χ2v) is 7.87. The predicted molar refractivity (Wildman–Crippen MR) is 111 cm³/mol. The van der Waals surface area contributed by atoms with Crippen molar-refractivity contribution >= 4 is 11.8 Å². The Morgan fingerprint density at radius 1 is 1.07 bits per heavy atom. The van der Waals surface area contributed by atoms with E-state index < -0.39 is 0 Å². The van der Waals surface area contributed by atoms with Crippen molar-refractivity contribution in [2.24, 2.45) is 0 Å². The summed E-state index contributed by atoms with van der Waals surface area (Å²) in [6.07, 6.45) is 0.342. The summed E-state index contributed by atoms with van der Waals surface area (Å²) < 4.78 is 11.2. The van der Waals surface area contributed by atoms with Crippen molar-refractivity contribution < 1.29 is 14.6 Å². The summed E-state index contributed by atoms with van der Waals surface area (Å²) in [5.41, 5.74) is 4.13. The highest BCUT2D eigenvalue weighted by atomic mass is 32.2. The lowest BCUT2D eigenvalue weighted by Gasteiger charge is -2.31. The minimum Gasteiger partial charge on any atom is -0.393 e. The summed E-state index contributed by atoms with van der Waals surface area (Å²) in [4.78, 5) is 8.33. The number of hydrogen-bond donors (Lipinski definition) is 2. The number of benzene rings is 2. The van der Waals surface area contributed by atoms with Gasteiger partial charge in [0, 0.05) is 36.8 Å². The first-order valence-electron chi connectivity index (χ1n) is 9.43. The van der Waals surface area contributed by atoms with Crippen LogP contribution in [-0.2, 0) is 9.47 Å². The van der Waals surface area contributed by atoms with E-state index >= 15 is 0 Å². The number of aromatic nitrogens is 2. The molecule has 3 atom stereocenters. The van der Waals surface area contributed by atoms with Gasteiger partial charge in [-0.05, 0) is 0 Å². The normalized spacial score (nSPS) is 22.3. The number of thioether (sulfide) groups is 1. The fraction of sp³-hybridized carbons (Fsp3) is 0.318. The monoisotopic (exact) mass is 396 g/mol. The van der Waals surface area contributed by atoms with Crippen molar-refractivity contribution in [2.45, 2.75) is 36.5 Å². The number of nitrogens with zero attached hydrogens (tertiary/aromatic N) is 1. The number of aliphatic hydroxyl groups is 1. The van der Waals surface area contributed by atoms with Gasteiger partial charge in [-0.3, -0.25) is 0 Å². The standard InChI is InChI=1S/C22H24N2O3S/c1-26-19-13-17(25)12-18(27-19)14-28-22-23-20(15-8-4-2-5-9-15)21(24-22)16-10-6-3-7-11-16/h2-11,17-19,25H,12-14H2,1H3,(H,23,24)/t17-,18+,19-/m1/s1. The third-order valence-electron chi connectivity index (χ3n) is 4.80. The van der Waals surface area contributed by atoms with E-state index in [1.54, 1.807) is 18.9 Å². The van der Waals surface area contributed by atoms with Gasteiger partial charge in [-0.1, -0.05) is 72.4 Å². The van der Waals surface area contributed by atoms with Crippen molar-refractivity contribution in [1.82, 2.24) is 9.97 Å². The number of hydrogen-bond acceptors (Lipinski definition) is 5. The molecule has 1 fully saturated rings. The summed E-state index contributed by atoms with van der Waals surface area (Å²) in [5, 5.41) is 10.9. The zero-order valence-corrected chi connectivity index (χ0v) is 16.6. The molecule has 3 aromatic rings. The Morgan fingerprint density at radius 2 is 1.75 bits per heavy atom. The summed E-state index contributed by atoms with van der Waals surface area (Å²) in [5.74, 6) is 0.701. The van der Waals surface area contributed by atoms with E-state index in [0.717, 1.165) is 27.7 Å². The molecule has 0 aliphatic carbocycles. The van der Waals surface area contributed by atoms with Crippen molar-refractivity contribution in [3.05, 3.63) is 60.7 Å². The number of imidazole rings is 1. The smallest absolute Gasteiger partial charge is 0.166 e. The molecule has 4 rings (SSSR count). The lowest BCUT2D eigenvalue weighted by atomic mass is 10.1. The number of ether oxygens (including phenoxy) is 2. The summed E-state index contributed by atoms with van der Waals surface area (Å²) >= 11 is 1.61. The van der Waals surface area contributed by atoms with Gasteiger partial charge >= 0.3 is 0 Å². The topological polar surface area (TPSA) is 67.4 Å². The van der Waals surface area contributed by atoms with Gasteiger partial charge in [0.1, 0.15) is 0 Å². The van der Waals surface area contributed by atoms with Crippen LogP contribution in [0.3, 0.4) is 0 Å². The van der Waals surface area contributed by atoms with E-state index in [2.05, 4.69) is 29.2 Å². The Morgan fingerprint density at radius 3 is 2.43 bits per heavy atom. The number of H-pyrrole nitrogens is 1. The minimum atomic E-state index is -0.388. The first-order chi connectivity index (χ1) is 13.7. The first-order valence-corrected chi connectivity index (χ1v) is 10.4. The molecule has 0 amide bonds. The number of methoxy groups -OCH3 is 1. The lowest BCUT2D eigenvalue weighted by molar-refractivity contribution is -0.197. The minimum absolute atomic E-state index is 0.0656. The molecule has 1 aliphatic rings. The van der Waals surface area contributed by atoms with Gasteiger partial charge in [0.05, 0.1) is 23.6 Å². The van der Waals surface area contributed by atoms with Gasteiger partial charge < -0.3 is 19.6 Å². The molecule has 1 aromatic heterocycles. The predicted octanol–water partition coefficient (Wildman–Crippen LogP) is 4.35. The molecule has 2 aromatic carbocycles. The summed E-state index contributed by atoms with van der Waals surface area (Å²) in [6, 6.07) is 20.4. The molecule has 6 heteroatoms. The lowest BCUT2D eigenvalue weighted by Crippen LogP contribution is -2.37. The second-order valence-electron chi connectivity index (χ2n) is 6.86. The zero-order valence-electron chi connectivity index (χ0n) is 15.7. The third-order valence-corrected chi connectivity index (χ3v) is 5.81. The number of aromatic amines is 1. The number of rotatable bonds is 6. The Kier molecular flexibility index (Phi) is 6.12. The second kappa shape index (κ2) is 8.92.